The Morgan fingerprint density at radius 2 is 1.67 bits per heavy atom. The Bertz CT molecular complexity index is 982. The van der Waals surface area contributed by atoms with Gasteiger partial charge in [0.2, 0.25) is 5.95 Å². The first-order chi connectivity index (χ1) is 11.8. The van der Waals surface area contributed by atoms with Crippen molar-refractivity contribution in [3.63, 3.8) is 0 Å². The number of anilines is 2. The van der Waals surface area contributed by atoms with Crippen LogP contribution < -0.4 is 5.32 Å². The van der Waals surface area contributed by atoms with E-state index in [1.807, 2.05) is 42.5 Å². The lowest BCUT2D eigenvalue weighted by Crippen LogP contribution is -2.01. The molecule has 4 heteroatoms. The number of nitrogens with one attached hydrogen (secondary N) is 1. The fraction of sp³-hybridized carbons (Fsp3) is 0.0500. The van der Waals surface area contributed by atoms with Crippen LogP contribution in [0.5, 0.6) is 0 Å². The molecule has 2 aromatic carbocycles. The average molecular weight is 312 g/mol. The normalized spacial score (nSPS) is 10.7. The summed E-state index contributed by atoms with van der Waals surface area (Å²) in [7, 11) is 0. The summed E-state index contributed by atoms with van der Waals surface area (Å²) in [5, 5.41) is 4.24. The van der Waals surface area contributed by atoms with Gasteiger partial charge in [-0.25, -0.2) is 15.0 Å². The van der Waals surface area contributed by atoms with E-state index in [0.29, 0.717) is 5.95 Å². The summed E-state index contributed by atoms with van der Waals surface area (Å²) in [6.45, 7) is 2.08. The maximum atomic E-state index is 4.75. The van der Waals surface area contributed by atoms with E-state index in [1.54, 1.807) is 6.20 Å². The molecule has 0 saturated heterocycles. The molecule has 0 aliphatic carbocycles. The van der Waals surface area contributed by atoms with Crippen molar-refractivity contribution in [1.82, 2.24) is 15.0 Å². The predicted octanol–water partition coefficient (Wildman–Crippen LogP) is 4.74. The molecule has 0 bridgehead atoms. The Hall–Kier alpha value is -3.27. The van der Waals surface area contributed by atoms with Crippen molar-refractivity contribution in [2.24, 2.45) is 0 Å². The van der Waals surface area contributed by atoms with E-state index >= 15 is 0 Å². The van der Waals surface area contributed by atoms with E-state index in [1.165, 1.54) is 5.56 Å². The highest BCUT2D eigenvalue weighted by Gasteiger charge is 2.10. The van der Waals surface area contributed by atoms with Crippen LogP contribution in [0.15, 0.2) is 72.9 Å². The summed E-state index contributed by atoms with van der Waals surface area (Å²) in [6.07, 6.45) is 1.74. The summed E-state index contributed by atoms with van der Waals surface area (Å²) in [4.78, 5) is 13.7. The first-order valence-corrected chi connectivity index (χ1v) is 7.81. The number of nitrogens with zero attached hydrogens (tertiary/aromatic N) is 3. The van der Waals surface area contributed by atoms with E-state index in [9.17, 15) is 0 Å². The molecular formula is C20H16N4. The van der Waals surface area contributed by atoms with Gasteiger partial charge in [-0.15, -0.1) is 0 Å². The van der Waals surface area contributed by atoms with Crippen LogP contribution in [0.4, 0.5) is 11.8 Å². The maximum absolute atomic E-state index is 4.75. The Morgan fingerprint density at radius 3 is 2.46 bits per heavy atom. The zero-order chi connectivity index (χ0) is 16.4. The number of hydrogen-bond donors (Lipinski definition) is 1. The standard InChI is InChI=1S/C20H16N4/c1-14-10-11-17-16(13-14)19(15-7-3-2-4-8-15)24-20(22-17)23-18-9-5-6-12-21-18/h2-13H,1H3,(H,21,22,23,24). The van der Waals surface area contributed by atoms with Crippen LogP contribution in [0.3, 0.4) is 0 Å². The Morgan fingerprint density at radius 1 is 0.833 bits per heavy atom. The van der Waals surface area contributed by atoms with Crippen LogP contribution in [0, 0.1) is 6.92 Å². The van der Waals surface area contributed by atoms with Crippen molar-refractivity contribution >= 4 is 22.7 Å². The van der Waals surface area contributed by atoms with Gasteiger partial charge in [-0.3, -0.25) is 0 Å². The molecule has 0 aliphatic rings. The zero-order valence-corrected chi connectivity index (χ0v) is 13.3. The van der Waals surface area contributed by atoms with E-state index in [4.69, 9.17) is 4.98 Å². The molecule has 24 heavy (non-hydrogen) atoms. The van der Waals surface area contributed by atoms with Gasteiger partial charge in [0.15, 0.2) is 0 Å². The topological polar surface area (TPSA) is 50.7 Å². The molecule has 0 aliphatic heterocycles. The lowest BCUT2D eigenvalue weighted by atomic mass is 10.0. The van der Waals surface area contributed by atoms with Crippen molar-refractivity contribution in [2.45, 2.75) is 6.92 Å². The third-order valence-corrected chi connectivity index (χ3v) is 3.80. The van der Waals surface area contributed by atoms with E-state index in [2.05, 4.69) is 46.5 Å². The predicted molar refractivity (Wildman–Crippen MR) is 97.2 cm³/mol. The Labute approximate surface area is 140 Å². The molecule has 4 nitrogen and oxygen atoms in total. The van der Waals surface area contributed by atoms with Crippen molar-refractivity contribution in [3.05, 3.63) is 78.5 Å². The van der Waals surface area contributed by atoms with Crippen molar-refractivity contribution < 1.29 is 0 Å². The minimum atomic E-state index is 0.545. The second-order valence-electron chi connectivity index (χ2n) is 5.62. The minimum Gasteiger partial charge on any atom is -0.309 e. The molecule has 0 atom stereocenters. The van der Waals surface area contributed by atoms with E-state index in [0.717, 1.165) is 28.0 Å². The lowest BCUT2D eigenvalue weighted by molar-refractivity contribution is 1.19. The maximum Gasteiger partial charge on any atom is 0.229 e. The number of aromatic nitrogens is 3. The van der Waals surface area contributed by atoms with Gasteiger partial charge in [-0.1, -0.05) is 48.0 Å². The lowest BCUT2D eigenvalue weighted by Gasteiger charge is -2.10. The van der Waals surface area contributed by atoms with Gasteiger partial charge in [0, 0.05) is 17.1 Å². The summed E-state index contributed by atoms with van der Waals surface area (Å²) in [5.41, 5.74) is 4.09. The highest BCUT2D eigenvalue weighted by Crippen LogP contribution is 2.28. The second-order valence-corrected chi connectivity index (χ2v) is 5.62. The van der Waals surface area contributed by atoms with Crippen molar-refractivity contribution in [2.75, 3.05) is 5.32 Å². The SMILES string of the molecule is Cc1ccc2nc(Nc3ccccn3)nc(-c3ccccc3)c2c1. The fourth-order valence-electron chi connectivity index (χ4n) is 2.67. The van der Waals surface area contributed by atoms with Crippen LogP contribution in [0.2, 0.25) is 0 Å². The molecule has 0 fully saturated rings. The van der Waals surface area contributed by atoms with Gasteiger partial charge < -0.3 is 5.32 Å². The molecule has 0 radical (unpaired) electrons. The van der Waals surface area contributed by atoms with Gasteiger partial charge in [0.25, 0.3) is 0 Å². The summed E-state index contributed by atoms with van der Waals surface area (Å²) < 4.78 is 0. The monoisotopic (exact) mass is 312 g/mol. The van der Waals surface area contributed by atoms with Crippen LogP contribution in [-0.2, 0) is 0 Å². The summed E-state index contributed by atoms with van der Waals surface area (Å²) in [5.74, 6) is 1.27. The number of pyridine rings is 1. The minimum absolute atomic E-state index is 0.545. The Balaban J connectivity index is 1.89. The molecule has 0 saturated carbocycles. The fourth-order valence-corrected chi connectivity index (χ4v) is 2.67. The zero-order valence-electron chi connectivity index (χ0n) is 13.3. The first kappa shape index (κ1) is 14.3. The van der Waals surface area contributed by atoms with Crippen molar-refractivity contribution in [3.8, 4) is 11.3 Å². The van der Waals surface area contributed by atoms with Crippen LogP contribution >= 0.6 is 0 Å². The molecule has 116 valence electrons. The number of fused-ring (bicyclic) bond motifs is 1. The third kappa shape index (κ3) is 2.82. The van der Waals surface area contributed by atoms with Crippen LogP contribution in [0.25, 0.3) is 22.2 Å². The van der Waals surface area contributed by atoms with Gasteiger partial charge in [-0.2, -0.15) is 0 Å². The number of rotatable bonds is 3. The molecule has 0 amide bonds. The quantitative estimate of drug-likeness (QED) is 0.593. The molecular weight excluding hydrogens is 296 g/mol. The molecule has 0 spiro atoms. The highest BCUT2D eigenvalue weighted by molar-refractivity contribution is 5.93. The van der Waals surface area contributed by atoms with Gasteiger partial charge in [0.1, 0.15) is 5.82 Å². The van der Waals surface area contributed by atoms with Gasteiger partial charge >= 0.3 is 0 Å². The Kier molecular flexibility index (Phi) is 3.63. The molecule has 2 aromatic heterocycles. The summed E-state index contributed by atoms with van der Waals surface area (Å²) >= 11 is 0. The van der Waals surface area contributed by atoms with E-state index < -0.39 is 0 Å². The average Bonchev–Trinajstić information content (AvgIpc) is 2.63. The molecule has 2 heterocycles. The van der Waals surface area contributed by atoms with Crippen molar-refractivity contribution in [1.29, 1.82) is 0 Å². The smallest absolute Gasteiger partial charge is 0.229 e. The largest absolute Gasteiger partial charge is 0.309 e. The third-order valence-electron chi connectivity index (χ3n) is 3.80. The van der Waals surface area contributed by atoms with Crippen LogP contribution in [-0.4, -0.2) is 15.0 Å². The second kappa shape index (κ2) is 6.08. The highest BCUT2D eigenvalue weighted by atomic mass is 15.1. The molecule has 4 aromatic rings. The molecule has 1 N–H and O–H groups in total. The number of hydrogen-bond acceptors (Lipinski definition) is 4. The molecule has 0 unspecified atom stereocenters. The van der Waals surface area contributed by atoms with Gasteiger partial charge in [-0.05, 0) is 31.2 Å². The molecule has 4 rings (SSSR count). The van der Waals surface area contributed by atoms with E-state index in [-0.39, 0.29) is 0 Å². The van der Waals surface area contributed by atoms with Gasteiger partial charge in [0.05, 0.1) is 11.2 Å². The first-order valence-electron chi connectivity index (χ1n) is 7.81. The summed E-state index contributed by atoms with van der Waals surface area (Å²) in [6, 6.07) is 22.1. The number of benzene rings is 2. The van der Waals surface area contributed by atoms with Crippen LogP contribution in [0.1, 0.15) is 5.56 Å². The number of aryl methyl sites for hydroxylation is 1.